The third kappa shape index (κ3) is 2.35. The van der Waals surface area contributed by atoms with Crippen LogP contribution in [0.15, 0.2) is 23.1 Å². The number of anilines is 1. The maximum absolute atomic E-state index is 13.7. The summed E-state index contributed by atoms with van der Waals surface area (Å²) in [7, 11) is -3.81. The summed E-state index contributed by atoms with van der Waals surface area (Å²) in [5.74, 6) is -0.275. The van der Waals surface area contributed by atoms with Crippen LogP contribution in [0.4, 0.5) is 10.1 Å². The standard InChI is InChI=1S/C12H17FN2O2S/c1-9-5-7-15(8-6-9)18(16,17)12-10(13)3-2-4-11(12)14/h2-4,9H,5-8,14H2,1H3. The highest BCUT2D eigenvalue weighted by Crippen LogP contribution is 2.28. The van der Waals surface area contributed by atoms with Crippen molar-refractivity contribution in [2.75, 3.05) is 18.8 Å². The van der Waals surface area contributed by atoms with Gasteiger partial charge in [-0.2, -0.15) is 4.31 Å². The van der Waals surface area contributed by atoms with E-state index in [-0.39, 0.29) is 10.6 Å². The van der Waals surface area contributed by atoms with E-state index in [1.807, 2.05) is 0 Å². The molecule has 6 heteroatoms. The number of halogens is 1. The van der Waals surface area contributed by atoms with Gasteiger partial charge in [-0.1, -0.05) is 13.0 Å². The van der Waals surface area contributed by atoms with Gasteiger partial charge in [-0.25, -0.2) is 12.8 Å². The van der Waals surface area contributed by atoms with Crippen molar-refractivity contribution in [3.8, 4) is 0 Å². The van der Waals surface area contributed by atoms with E-state index in [0.29, 0.717) is 19.0 Å². The molecule has 0 spiro atoms. The Bertz CT molecular complexity index is 517. The molecule has 0 amide bonds. The second kappa shape index (κ2) is 4.85. The fourth-order valence-electron chi connectivity index (χ4n) is 2.15. The van der Waals surface area contributed by atoms with Gasteiger partial charge in [0.2, 0.25) is 10.0 Å². The van der Waals surface area contributed by atoms with Gasteiger partial charge in [-0.05, 0) is 30.9 Å². The Kier molecular flexibility index (Phi) is 3.59. The van der Waals surface area contributed by atoms with Crippen molar-refractivity contribution in [1.29, 1.82) is 0 Å². The van der Waals surface area contributed by atoms with Gasteiger partial charge in [-0.15, -0.1) is 0 Å². The molecule has 0 bridgehead atoms. The van der Waals surface area contributed by atoms with Gasteiger partial charge < -0.3 is 5.73 Å². The summed E-state index contributed by atoms with van der Waals surface area (Å²) in [6.45, 7) is 2.94. The third-order valence-corrected chi connectivity index (χ3v) is 5.33. The average Bonchev–Trinajstić information content (AvgIpc) is 2.29. The van der Waals surface area contributed by atoms with E-state index in [1.54, 1.807) is 0 Å². The molecule has 2 rings (SSSR count). The first kappa shape index (κ1) is 13.3. The molecule has 1 aliphatic rings. The molecule has 100 valence electrons. The molecule has 2 N–H and O–H groups in total. The smallest absolute Gasteiger partial charge is 0.248 e. The number of nitrogens with zero attached hydrogens (tertiary/aromatic N) is 1. The number of nitrogens with two attached hydrogens (primary N) is 1. The van der Waals surface area contributed by atoms with Gasteiger partial charge >= 0.3 is 0 Å². The van der Waals surface area contributed by atoms with E-state index in [4.69, 9.17) is 5.73 Å². The Labute approximate surface area is 107 Å². The van der Waals surface area contributed by atoms with Crippen molar-refractivity contribution in [2.45, 2.75) is 24.7 Å². The van der Waals surface area contributed by atoms with Crippen molar-refractivity contribution in [2.24, 2.45) is 5.92 Å². The van der Waals surface area contributed by atoms with E-state index in [9.17, 15) is 12.8 Å². The number of hydrogen-bond acceptors (Lipinski definition) is 3. The first-order chi connectivity index (χ1) is 8.43. The largest absolute Gasteiger partial charge is 0.398 e. The first-order valence-corrected chi connectivity index (χ1v) is 7.41. The van der Waals surface area contributed by atoms with Crippen LogP contribution in [0, 0.1) is 11.7 Å². The van der Waals surface area contributed by atoms with E-state index in [1.165, 1.54) is 16.4 Å². The molecule has 18 heavy (non-hydrogen) atoms. The van der Waals surface area contributed by atoms with Crippen LogP contribution >= 0.6 is 0 Å². The Morgan fingerprint density at radius 3 is 2.50 bits per heavy atom. The molecule has 0 aromatic heterocycles. The minimum absolute atomic E-state index is 0.0337. The van der Waals surface area contributed by atoms with Gasteiger partial charge in [0.1, 0.15) is 10.7 Å². The molecule has 1 aromatic rings. The van der Waals surface area contributed by atoms with Crippen LogP contribution in [0.3, 0.4) is 0 Å². The average molecular weight is 272 g/mol. The first-order valence-electron chi connectivity index (χ1n) is 5.97. The molecular formula is C12H17FN2O2S. The third-order valence-electron chi connectivity index (χ3n) is 3.34. The molecule has 0 unspecified atom stereocenters. The molecule has 0 atom stereocenters. The van der Waals surface area contributed by atoms with Crippen LogP contribution in [0.5, 0.6) is 0 Å². The maximum Gasteiger partial charge on any atom is 0.248 e. The van der Waals surface area contributed by atoms with Crippen molar-refractivity contribution >= 4 is 15.7 Å². The number of sulfonamides is 1. The topological polar surface area (TPSA) is 63.4 Å². The molecule has 1 aliphatic heterocycles. The van der Waals surface area contributed by atoms with Gasteiger partial charge in [0.05, 0.1) is 5.69 Å². The van der Waals surface area contributed by atoms with Crippen LogP contribution in [-0.4, -0.2) is 25.8 Å². The number of rotatable bonds is 2. The van der Waals surface area contributed by atoms with Gasteiger partial charge in [-0.3, -0.25) is 0 Å². The fourth-order valence-corrected chi connectivity index (χ4v) is 3.78. The summed E-state index contributed by atoms with van der Waals surface area (Å²) < 4.78 is 39.7. The van der Waals surface area contributed by atoms with Crippen LogP contribution in [0.1, 0.15) is 19.8 Å². The Morgan fingerprint density at radius 1 is 1.33 bits per heavy atom. The van der Waals surface area contributed by atoms with Crippen molar-refractivity contribution in [3.05, 3.63) is 24.0 Å². The summed E-state index contributed by atoms with van der Waals surface area (Å²) in [6, 6.07) is 3.93. The Morgan fingerprint density at radius 2 is 1.94 bits per heavy atom. The molecule has 1 saturated heterocycles. The van der Waals surface area contributed by atoms with E-state index >= 15 is 0 Å². The molecule has 1 heterocycles. The number of hydrogen-bond donors (Lipinski definition) is 1. The lowest BCUT2D eigenvalue weighted by atomic mass is 10.0. The second-order valence-electron chi connectivity index (χ2n) is 4.74. The fraction of sp³-hybridized carbons (Fsp3) is 0.500. The lowest BCUT2D eigenvalue weighted by molar-refractivity contribution is 0.287. The minimum atomic E-state index is -3.81. The van der Waals surface area contributed by atoms with Gasteiger partial charge in [0.15, 0.2) is 0 Å². The molecule has 0 aliphatic carbocycles. The van der Waals surface area contributed by atoms with Crippen molar-refractivity contribution < 1.29 is 12.8 Å². The van der Waals surface area contributed by atoms with Crippen LogP contribution in [0.2, 0.25) is 0 Å². The van der Waals surface area contributed by atoms with Crippen LogP contribution < -0.4 is 5.73 Å². The minimum Gasteiger partial charge on any atom is -0.398 e. The van der Waals surface area contributed by atoms with E-state index in [0.717, 1.165) is 18.9 Å². The maximum atomic E-state index is 13.7. The molecule has 1 aromatic carbocycles. The number of piperidine rings is 1. The summed E-state index contributed by atoms with van der Waals surface area (Å²) in [4.78, 5) is -0.389. The predicted molar refractivity (Wildman–Crippen MR) is 68.0 cm³/mol. The second-order valence-corrected chi connectivity index (χ2v) is 6.62. The highest BCUT2D eigenvalue weighted by Gasteiger charge is 2.31. The number of benzene rings is 1. The Hall–Kier alpha value is -1.14. The SMILES string of the molecule is CC1CCN(S(=O)(=O)c2c(N)cccc2F)CC1. The summed E-state index contributed by atoms with van der Waals surface area (Å²) in [5.41, 5.74) is 5.56. The lowest BCUT2D eigenvalue weighted by Gasteiger charge is -2.29. The van der Waals surface area contributed by atoms with Crippen molar-refractivity contribution in [3.63, 3.8) is 0 Å². The zero-order valence-electron chi connectivity index (χ0n) is 10.3. The lowest BCUT2D eigenvalue weighted by Crippen LogP contribution is -2.38. The van der Waals surface area contributed by atoms with E-state index in [2.05, 4.69) is 6.92 Å². The molecular weight excluding hydrogens is 255 g/mol. The zero-order valence-corrected chi connectivity index (χ0v) is 11.1. The Balaban J connectivity index is 2.37. The van der Waals surface area contributed by atoms with Crippen LogP contribution in [0.25, 0.3) is 0 Å². The van der Waals surface area contributed by atoms with Crippen molar-refractivity contribution in [1.82, 2.24) is 4.31 Å². The normalized spacial score (nSPS) is 19.0. The summed E-state index contributed by atoms with van der Waals surface area (Å²) in [5, 5.41) is 0. The monoisotopic (exact) mass is 272 g/mol. The molecule has 0 radical (unpaired) electrons. The van der Waals surface area contributed by atoms with Gasteiger partial charge in [0, 0.05) is 13.1 Å². The summed E-state index contributed by atoms with van der Waals surface area (Å²) >= 11 is 0. The quantitative estimate of drug-likeness (QED) is 0.835. The molecule has 0 saturated carbocycles. The molecule has 1 fully saturated rings. The predicted octanol–water partition coefficient (Wildman–Crippen LogP) is 1.83. The summed E-state index contributed by atoms with van der Waals surface area (Å²) in [6.07, 6.45) is 1.60. The van der Waals surface area contributed by atoms with Crippen LogP contribution in [-0.2, 0) is 10.0 Å². The highest BCUT2D eigenvalue weighted by molar-refractivity contribution is 7.89. The highest BCUT2D eigenvalue weighted by atomic mass is 32.2. The number of nitrogen functional groups attached to an aromatic ring is 1. The zero-order chi connectivity index (χ0) is 13.3. The molecule has 4 nitrogen and oxygen atoms in total. The van der Waals surface area contributed by atoms with E-state index < -0.39 is 15.8 Å². The van der Waals surface area contributed by atoms with Gasteiger partial charge in [0.25, 0.3) is 0 Å².